The van der Waals surface area contributed by atoms with Crippen LogP contribution in [0.2, 0.25) is 0 Å². The summed E-state index contributed by atoms with van der Waals surface area (Å²) in [5.74, 6) is 0. The summed E-state index contributed by atoms with van der Waals surface area (Å²) in [4.78, 5) is 0. The van der Waals surface area contributed by atoms with Gasteiger partial charge in [0.05, 0.1) is 0 Å². The average molecular weight is 120 g/mol. The van der Waals surface area contributed by atoms with E-state index in [0.717, 1.165) is 5.57 Å². The Morgan fingerprint density at radius 1 is 1.57 bits per heavy atom. The molecule has 0 aliphatic rings. The van der Waals surface area contributed by atoms with Crippen molar-refractivity contribution in [3.05, 3.63) is 24.3 Å². The molecule has 0 aromatic heterocycles. The molecule has 0 saturated heterocycles. The summed E-state index contributed by atoms with van der Waals surface area (Å²) in [6.07, 6.45) is 3.54. The van der Waals surface area contributed by atoms with Crippen molar-refractivity contribution in [3.63, 3.8) is 0 Å². The summed E-state index contributed by atoms with van der Waals surface area (Å²) < 4.78 is 0. The first-order chi connectivity index (χ1) is 2.81. The molecule has 0 N–H and O–H groups in total. The van der Waals surface area contributed by atoms with E-state index >= 15 is 0 Å². The molecular weight excluding hydrogens is 111 g/mol. The second-order valence-corrected chi connectivity index (χ2v) is 1.20. The largest absolute Gasteiger partial charge is 1.00 e. The Morgan fingerprint density at radius 3 is 2.00 bits per heavy atom. The van der Waals surface area contributed by atoms with Crippen LogP contribution < -0.4 is 51.4 Å². The van der Waals surface area contributed by atoms with E-state index in [2.05, 4.69) is 0 Å². The van der Waals surface area contributed by atoms with Crippen molar-refractivity contribution in [2.24, 2.45) is 0 Å². The molecule has 0 atom stereocenters. The van der Waals surface area contributed by atoms with Crippen molar-refractivity contribution in [1.82, 2.24) is 0 Å². The topological polar surface area (TPSA) is 0 Å². The van der Waals surface area contributed by atoms with Gasteiger partial charge in [-0.05, 0) is 0 Å². The summed E-state index contributed by atoms with van der Waals surface area (Å²) in [5, 5.41) is 0. The first-order valence-corrected chi connectivity index (χ1v) is 1.99. The van der Waals surface area contributed by atoms with Crippen molar-refractivity contribution in [2.45, 2.75) is 13.8 Å². The molecule has 0 heterocycles. The fourth-order valence-corrected chi connectivity index (χ4v) is 0.0962. The van der Waals surface area contributed by atoms with Gasteiger partial charge in [-0.2, -0.15) is 6.08 Å². The molecule has 0 bridgehead atoms. The van der Waals surface area contributed by atoms with Crippen LogP contribution in [0.5, 0.6) is 0 Å². The number of hydrogen-bond acceptors (Lipinski definition) is 0. The Hall–Kier alpha value is 1.12. The van der Waals surface area contributed by atoms with E-state index in [1.54, 1.807) is 6.08 Å². The zero-order valence-corrected chi connectivity index (χ0v) is 8.36. The minimum atomic E-state index is 0. The van der Waals surface area contributed by atoms with Crippen LogP contribution in [0.1, 0.15) is 13.8 Å². The minimum absolute atomic E-state index is 0. The Labute approximate surface area is 88.1 Å². The first-order valence-electron chi connectivity index (χ1n) is 1.99. The molecule has 0 aromatic carbocycles. The SMILES string of the molecule is [CH-]=CC(C)=CC.[K+]. The van der Waals surface area contributed by atoms with Crippen molar-refractivity contribution in [3.8, 4) is 0 Å². The zero-order valence-electron chi connectivity index (χ0n) is 5.23. The van der Waals surface area contributed by atoms with Crippen LogP contribution in [0.15, 0.2) is 17.7 Å². The second-order valence-electron chi connectivity index (χ2n) is 1.20. The summed E-state index contributed by atoms with van der Waals surface area (Å²) in [5.41, 5.74) is 1.12. The predicted octanol–water partition coefficient (Wildman–Crippen LogP) is -1.05. The number of hydrogen-bond donors (Lipinski definition) is 0. The van der Waals surface area contributed by atoms with Crippen LogP contribution in [0, 0.1) is 6.58 Å². The smallest absolute Gasteiger partial charge is 0.293 e. The van der Waals surface area contributed by atoms with Gasteiger partial charge in [0.15, 0.2) is 0 Å². The maximum absolute atomic E-state index is 5.09. The zero-order chi connectivity index (χ0) is 4.99. The molecule has 0 aliphatic carbocycles. The molecule has 0 saturated carbocycles. The fraction of sp³-hybridized carbons (Fsp3) is 0.333. The van der Waals surface area contributed by atoms with Gasteiger partial charge in [-0.15, -0.1) is 6.92 Å². The Bertz CT molecular complexity index is 72.2. The molecular formula is C6H9K. The van der Waals surface area contributed by atoms with Crippen molar-refractivity contribution in [1.29, 1.82) is 0 Å². The van der Waals surface area contributed by atoms with Crippen LogP contribution in [-0.2, 0) is 0 Å². The van der Waals surface area contributed by atoms with E-state index in [4.69, 9.17) is 6.58 Å². The molecule has 0 aromatic rings. The molecule has 0 radical (unpaired) electrons. The normalized spacial score (nSPS) is 9.71. The van der Waals surface area contributed by atoms with Gasteiger partial charge in [0.1, 0.15) is 0 Å². The maximum Gasteiger partial charge on any atom is 1.00 e. The van der Waals surface area contributed by atoms with E-state index in [0.29, 0.717) is 0 Å². The number of rotatable bonds is 1. The van der Waals surface area contributed by atoms with E-state index < -0.39 is 0 Å². The van der Waals surface area contributed by atoms with Crippen LogP contribution >= 0.6 is 0 Å². The standard InChI is InChI=1S/C6H9.K/c1-4-6(3)5-2;/h1,4-5H,2-3H3;/q-1;+1. The van der Waals surface area contributed by atoms with Gasteiger partial charge in [-0.1, -0.05) is 6.92 Å². The van der Waals surface area contributed by atoms with Crippen molar-refractivity contribution >= 4 is 0 Å². The van der Waals surface area contributed by atoms with E-state index in [-0.39, 0.29) is 51.4 Å². The van der Waals surface area contributed by atoms with Crippen LogP contribution in [-0.4, -0.2) is 0 Å². The van der Waals surface area contributed by atoms with Crippen molar-refractivity contribution in [2.75, 3.05) is 0 Å². The third-order valence-electron chi connectivity index (χ3n) is 0.718. The molecule has 1 heteroatoms. The van der Waals surface area contributed by atoms with Gasteiger partial charge in [0.25, 0.3) is 0 Å². The molecule has 7 heavy (non-hydrogen) atoms. The Morgan fingerprint density at radius 2 is 2.00 bits per heavy atom. The summed E-state index contributed by atoms with van der Waals surface area (Å²) in [6, 6.07) is 0. The molecule has 0 aliphatic heterocycles. The molecule has 0 fully saturated rings. The third-order valence-corrected chi connectivity index (χ3v) is 0.718. The molecule has 0 unspecified atom stereocenters. The quantitative estimate of drug-likeness (QED) is 0.235. The monoisotopic (exact) mass is 120 g/mol. The number of allylic oxidation sites excluding steroid dienone is 3. The van der Waals surface area contributed by atoms with E-state index in [9.17, 15) is 0 Å². The molecule has 0 rings (SSSR count). The molecule has 0 nitrogen and oxygen atoms in total. The van der Waals surface area contributed by atoms with Gasteiger partial charge in [0.2, 0.25) is 0 Å². The van der Waals surface area contributed by atoms with Crippen LogP contribution in [0.3, 0.4) is 0 Å². The summed E-state index contributed by atoms with van der Waals surface area (Å²) in [6.45, 7) is 9.00. The fourth-order valence-electron chi connectivity index (χ4n) is 0.0962. The maximum atomic E-state index is 5.09. The van der Waals surface area contributed by atoms with Crippen LogP contribution in [0.4, 0.5) is 0 Å². The predicted molar refractivity (Wildman–Crippen MR) is 28.3 cm³/mol. The van der Waals surface area contributed by atoms with Gasteiger partial charge in [0, 0.05) is 0 Å². The Balaban J connectivity index is 0. The van der Waals surface area contributed by atoms with E-state index in [1.165, 1.54) is 0 Å². The third kappa shape index (κ3) is 7.12. The molecule has 34 valence electrons. The molecule has 0 spiro atoms. The van der Waals surface area contributed by atoms with Crippen molar-refractivity contribution < 1.29 is 51.4 Å². The second kappa shape index (κ2) is 7.12. The Kier molecular flexibility index (Phi) is 11.2. The van der Waals surface area contributed by atoms with E-state index in [1.807, 2.05) is 19.9 Å². The summed E-state index contributed by atoms with van der Waals surface area (Å²) in [7, 11) is 0. The first kappa shape index (κ1) is 11.0. The minimum Gasteiger partial charge on any atom is -0.293 e. The van der Waals surface area contributed by atoms with Gasteiger partial charge in [-0.25, -0.2) is 11.6 Å². The van der Waals surface area contributed by atoms with Gasteiger partial charge < -0.3 is 0 Å². The molecule has 0 amide bonds. The average Bonchev–Trinajstić information content (AvgIpc) is 1.65. The van der Waals surface area contributed by atoms with Gasteiger partial charge in [-0.3, -0.25) is 6.58 Å². The van der Waals surface area contributed by atoms with Crippen LogP contribution in [0.25, 0.3) is 0 Å². The summed E-state index contributed by atoms with van der Waals surface area (Å²) >= 11 is 0. The van der Waals surface area contributed by atoms with Gasteiger partial charge >= 0.3 is 51.4 Å².